The molecule has 36 heavy (non-hydrogen) atoms. The Labute approximate surface area is 226 Å². The third kappa shape index (κ3) is 35.1. The van der Waals surface area contributed by atoms with Crippen molar-refractivity contribution in [1.29, 1.82) is 0 Å². The van der Waals surface area contributed by atoms with Crippen LogP contribution in [0.25, 0.3) is 0 Å². The topological polar surface area (TPSA) is 52.6 Å². The second-order valence-electron chi connectivity index (χ2n) is 10.3. The molecule has 4 nitrogen and oxygen atoms in total. The smallest absolute Gasteiger partial charge is 0.305 e. The zero-order chi connectivity index (χ0) is 27.0. The second kappa shape index (κ2) is 33.9. The van der Waals surface area contributed by atoms with Gasteiger partial charge >= 0.3 is 11.9 Å². The lowest BCUT2D eigenvalue weighted by atomic mass is 10.1. The average Bonchev–Trinajstić information content (AvgIpc) is 2.88. The highest BCUT2D eigenvalue weighted by Crippen LogP contribution is 2.12. The minimum absolute atomic E-state index is 0.0254. The lowest BCUT2D eigenvalue weighted by Crippen LogP contribution is -2.05. The predicted octanol–water partition coefficient (Wildman–Crippen LogP) is 10.5. The summed E-state index contributed by atoms with van der Waals surface area (Å²) in [4.78, 5) is 23.3. The monoisotopic (exact) mass is 512 g/mol. The summed E-state index contributed by atoms with van der Waals surface area (Å²) < 4.78 is 10.5. The van der Waals surface area contributed by atoms with E-state index in [1.54, 1.807) is 0 Å². The first kappa shape index (κ1) is 37.1. The quantitative estimate of drug-likeness (QED) is 0.0854. The molecule has 0 saturated carbocycles. The molecule has 0 spiro atoms. The number of hydrogen-bond donors (Lipinski definition) is 0. The lowest BCUT2D eigenvalue weighted by molar-refractivity contribution is -0.144. The summed E-state index contributed by atoms with van der Waals surface area (Å²) in [5.74, 6) is -0.0625. The van der Waals surface area contributed by atoms with Gasteiger partial charge in [-0.05, 0) is 25.7 Å². The fourth-order valence-electron chi connectivity index (χ4n) is 4.03. The number of esters is 2. The standard InChI is InChI=1S/C26H50O4.C6H14/c1-3-5-7-8-13-16-20-24-30-26(28)22-18-15-12-10-9-11-14-17-21-25(27)29-23-19-6-4-2;1-3-5-6-4-2/h3-24H2,1-2H3;3-6H2,1-2H3. The van der Waals surface area contributed by atoms with Gasteiger partial charge < -0.3 is 9.47 Å². The highest BCUT2D eigenvalue weighted by molar-refractivity contribution is 5.69. The minimum Gasteiger partial charge on any atom is -0.466 e. The van der Waals surface area contributed by atoms with Gasteiger partial charge in [-0.3, -0.25) is 9.59 Å². The lowest BCUT2D eigenvalue weighted by Gasteiger charge is -2.06. The van der Waals surface area contributed by atoms with Crippen LogP contribution in [0.1, 0.15) is 182 Å². The number of carbonyl (C=O) groups excluding carboxylic acids is 2. The third-order valence-corrected chi connectivity index (χ3v) is 6.49. The largest absolute Gasteiger partial charge is 0.466 e. The molecule has 0 aliphatic heterocycles. The van der Waals surface area contributed by atoms with Gasteiger partial charge in [0.05, 0.1) is 13.2 Å². The summed E-state index contributed by atoms with van der Waals surface area (Å²) in [6.07, 6.45) is 27.6. The predicted molar refractivity (Wildman–Crippen MR) is 155 cm³/mol. The van der Waals surface area contributed by atoms with E-state index in [-0.39, 0.29) is 11.9 Å². The number of unbranched alkanes of at least 4 members (excludes halogenated alkanes) is 18. The molecule has 0 aromatic rings. The summed E-state index contributed by atoms with van der Waals surface area (Å²) in [6, 6.07) is 0. The van der Waals surface area contributed by atoms with Gasteiger partial charge in [0.15, 0.2) is 0 Å². The fraction of sp³-hybridized carbons (Fsp3) is 0.938. The van der Waals surface area contributed by atoms with Crippen molar-refractivity contribution < 1.29 is 19.1 Å². The summed E-state index contributed by atoms with van der Waals surface area (Å²) in [5, 5.41) is 0. The summed E-state index contributed by atoms with van der Waals surface area (Å²) in [6.45, 7) is 10.0. The molecular formula is C32H64O4. The maximum Gasteiger partial charge on any atom is 0.305 e. The van der Waals surface area contributed by atoms with Crippen molar-refractivity contribution in [3.05, 3.63) is 0 Å². The van der Waals surface area contributed by atoms with Gasteiger partial charge in [-0.15, -0.1) is 0 Å². The van der Waals surface area contributed by atoms with Gasteiger partial charge in [-0.25, -0.2) is 0 Å². The number of ether oxygens (including phenoxy) is 2. The SMILES string of the molecule is CCCCCC.CCCCCCCCCOC(=O)CCCCCCCCCCC(=O)OCCCCC. The van der Waals surface area contributed by atoms with Crippen molar-refractivity contribution in [2.24, 2.45) is 0 Å². The number of carbonyl (C=O) groups is 2. The van der Waals surface area contributed by atoms with Crippen molar-refractivity contribution in [2.75, 3.05) is 13.2 Å². The second-order valence-corrected chi connectivity index (χ2v) is 10.3. The Hall–Kier alpha value is -1.06. The van der Waals surface area contributed by atoms with Crippen molar-refractivity contribution in [3.8, 4) is 0 Å². The molecule has 0 bridgehead atoms. The van der Waals surface area contributed by atoms with E-state index in [9.17, 15) is 9.59 Å². The van der Waals surface area contributed by atoms with Crippen LogP contribution in [-0.2, 0) is 19.1 Å². The highest BCUT2D eigenvalue weighted by atomic mass is 16.5. The molecule has 0 aromatic carbocycles. The van der Waals surface area contributed by atoms with Gasteiger partial charge in [-0.1, -0.05) is 143 Å². The zero-order valence-electron chi connectivity index (χ0n) is 25.0. The molecule has 0 aliphatic rings. The average molecular weight is 513 g/mol. The fourth-order valence-corrected chi connectivity index (χ4v) is 4.03. The normalized spacial score (nSPS) is 10.6. The molecule has 0 heterocycles. The molecular weight excluding hydrogens is 448 g/mol. The molecule has 0 rings (SSSR count). The van der Waals surface area contributed by atoms with Crippen LogP contribution in [0.2, 0.25) is 0 Å². The molecule has 216 valence electrons. The Balaban J connectivity index is 0. The van der Waals surface area contributed by atoms with E-state index >= 15 is 0 Å². The Bertz CT molecular complexity index is 432. The maximum atomic E-state index is 11.7. The van der Waals surface area contributed by atoms with E-state index in [2.05, 4.69) is 27.7 Å². The summed E-state index contributed by atoms with van der Waals surface area (Å²) in [7, 11) is 0. The van der Waals surface area contributed by atoms with Crippen molar-refractivity contribution in [2.45, 2.75) is 182 Å². The van der Waals surface area contributed by atoms with Crippen LogP contribution in [0.4, 0.5) is 0 Å². The molecule has 0 atom stereocenters. The van der Waals surface area contributed by atoms with Gasteiger partial charge in [0.1, 0.15) is 0 Å². The number of rotatable bonds is 26. The number of hydrogen-bond acceptors (Lipinski definition) is 4. The van der Waals surface area contributed by atoms with E-state index in [0.29, 0.717) is 26.1 Å². The molecule has 0 aliphatic carbocycles. The van der Waals surface area contributed by atoms with Crippen molar-refractivity contribution in [3.63, 3.8) is 0 Å². The Kier molecular flexibility index (Phi) is 35.0. The van der Waals surface area contributed by atoms with Gasteiger partial charge in [0.25, 0.3) is 0 Å². The zero-order valence-corrected chi connectivity index (χ0v) is 25.0. The summed E-state index contributed by atoms with van der Waals surface area (Å²) >= 11 is 0. The van der Waals surface area contributed by atoms with Crippen LogP contribution in [0, 0.1) is 0 Å². The van der Waals surface area contributed by atoms with Crippen LogP contribution in [0.15, 0.2) is 0 Å². The molecule has 0 unspecified atom stereocenters. The highest BCUT2D eigenvalue weighted by Gasteiger charge is 2.04. The molecule has 0 N–H and O–H groups in total. The van der Waals surface area contributed by atoms with E-state index in [1.807, 2.05) is 0 Å². The molecule has 0 saturated heterocycles. The van der Waals surface area contributed by atoms with Crippen molar-refractivity contribution >= 4 is 11.9 Å². The van der Waals surface area contributed by atoms with Gasteiger partial charge in [0.2, 0.25) is 0 Å². The third-order valence-electron chi connectivity index (χ3n) is 6.49. The molecule has 0 aromatic heterocycles. The van der Waals surface area contributed by atoms with Crippen molar-refractivity contribution in [1.82, 2.24) is 0 Å². The van der Waals surface area contributed by atoms with Crippen LogP contribution in [-0.4, -0.2) is 25.2 Å². The van der Waals surface area contributed by atoms with Crippen LogP contribution >= 0.6 is 0 Å². The van der Waals surface area contributed by atoms with Crippen LogP contribution < -0.4 is 0 Å². The Morgan fingerprint density at radius 1 is 0.361 bits per heavy atom. The van der Waals surface area contributed by atoms with Crippen LogP contribution in [0.5, 0.6) is 0 Å². The molecule has 4 heteroatoms. The first-order valence-corrected chi connectivity index (χ1v) is 15.9. The van der Waals surface area contributed by atoms with E-state index in [1.165, 1.54) is 89.9 Å². The van der Waals surface area contributed by atoms with Gasteiger partial charge in [-0.2, -0.15) is 0 Å². The van der Waals surface area contributed by atoms with E-state index in [4.69, 9.17) is 9.47 Å². The Morgan fingerprint density at radius 3 is 1.00 bits per heavy atom. The molecule has 0 radical (unpaired) electrons. The molecule has 0 amide bonds. The minimum atomic E-state index is -0.0371. The molecule has 0 fully saturated rings. The van der Waals surface area contributed by atoms with Crippen LogP contribution in [0.3, 0.4) is 0 Å². The first-order chi connectivity index (χ1) is 17.6. The first-order valence-electron chi connectivity index (χ1n) is 15.9. The maximum absolute atomic E-state index is 11.7. The van der Waals surface area contributed by atoms with E-state index < -0.39 is 0 Å². The van der Waals surface area contributed by atoms with Gasteiger partial charge in [0, 0.05) is 12.8 Å². The van der Waals surface area contributed by atoms with E-state index in [0.717, 1.165) is 51.4 Å². The summed E-state index contributed by atoms with van der Waals surface area (Å²) in [5.41, 5.74) is 0. The Morgan fingerprint density at radius 2 is 0.611 bits per heavy atom.